The maximum Gasteiger partial charge on any atom is 0.332 e. The number of carbonyl (C=O) groups excluding carboxylic acids is 1. The Morgan fingerprint density at radius 3 is 2.05 bits per heavy atom. The monoisotopic (exact) mass is 295 g/mol. The van der Waals surface area contributed by atoms with Gasteiger partial charge in [-0.05, 0) is 11.1 Å². The average molecular weight is 295 g/mol. The highest BCUT2D eigenvalue weighted by Gasteiger charge is 2.16. The molecule has 2 aromatic rings. The first-order chi connectivity index (χ1) is 10.8. The highest BCUT2D eigenvalue weighted by Crippen LogP contribution is 2.25. The molecule has 0 bridgehead atoms. The van der Waals surface area contributed by atoms with E-state index < -0.39 is 5.97 Å². The smallest absolute Gasteiger partial charge is 0.332 e. The molecule has 22 heavy (non-hydrogen) atoms. The molecular formula is C18H17NO3. The quantitative estimate of drug-likeness (QED) is 0.581. The molecule has 0 spiro atoms. The van der Waals surface area contributed by atoms with Crippen molar-refractivity contribution < 1.29 is 14.3 Å². The second kappa shape index (κ2) is 8.60. The van der Waals surface area contributed by atoms with Gasteiger partial charge in [-0.15, -0.1) is 0 Å². The minimum absolute atomic E-state index is 0.0973. The molecule has 0 unspecified atom stereocenters. The summed E-state index contributed by atoms with van der Waals surface area (Å²) < 4.78 is 10.7. The normalized spacial score (nSPS) is 10.2. The Labute approximate surface area is 129 Å². The van der Waals surface area contributed by atoms with Crippen LogP contribution in [-0.2, 0) is 14.3 Å². The largest absolute Gasteiger partial charge is 0.463 e. The fraction of sp³-hybridized carbons (Fsp3) is 0.222. The molecule has 0 aromatic heterocycles. The topological polar surface area (TPSA) is 59.3 Å². The third-order valence-electron chi connectivity index (χ3n) is 3.05. The molecule has 112 valence electrons. The summed E-state index contributed by atoms with van der Waals surface area (Å²) in [6.45, 7) is -0.0556. The summed E-state index contributed by atoms with van der Waals surface area (Å²) >= 11 is 0. The van der Waals surface area contributed by atoms with E-state index in [2.05, 4.69) is 0 Å². The zero-order valence-electron chi connectivity index (χ0n) is 12.1. The van der Waals surface area contributed by atoms with E-state index in [0.717, 1.165) is 11.1 Å². The number of benzene rings is 2. The minimum atomic E-state index is -0.466. The van der Waals surface area contributed by atoms with Gasteiger partial charge in [0.15, 0.2) is 0 Å². The lowest BCUT2D eigenvalue weighted by atomic mass is 10.0. The van der Waals surface area contributed by atoms with Crippen LogP contribution in [0.1, 0.15) is 23.7 Å². The van der Waals surface area contributed by atoms with Gasteiger partial charge in [-0.3, -0.25) is 0 Å². The molecule has 0 atom stereocenters. The number of nitriles is 1. The van der Waals surface area contributed by atoms with Crippen LogP contribution < -0.4 is 0 Å². The number of rotatable bonds is 7. The second-order valence-electron chi connectivity index (χ2n) is 4.64. The zero-order chi connectivity index (χ0) is 15.6. The van der Waals surface area contributed by atoms with Gasteiger partial charge >= 0.3 is 5.97 Å². The van der Waals surface area contributed by atoms with Crippen LogP contribution in [0.4, 0.5) is 0 Å². The van der Waals surface area contributed by atoms with Crippen molar-refractivity contribution in [3.8, 4) is 6.07 Å². The molecule has 4 heteroatoms. The summed E-state index contributed by atoms with van der Waals surface area (Å²) in [5.41, 5.74) is 1.94. The van der Waals surface area contributed by atoms with Gasteiger partial charge in [-0.1, -0.05) is 60.7 Å². The highest BCUT2D eigenvalue weighted by atomic mass is 16.6. The summed E-state index contributed by atoms with van der Waals surface area (Å²) in [6, 6.07) is 21.3. The molecule has 0 saturated heterocycles. The summed E-state index contributed by atoms with van der Waals surface area (Å²) in [4.78, 5) is 11.6. The fourth-order valence-electron chi connectivity index (χ4n) is 2.04. The number of nitrogens with zero attached hydrogens (tertiary/aromatic N) is 1. The number of hydrogen-bond acceptors (Lipinski definition) is 4. The van der Waals surface area contributed by atoms with Crippen LogP contribution in [0.2, 0.25) is 0 Å². The Morgan fingerprint density at radius 1 is 1.00 bits per heavy atom. The predicted molar refractivity (Wildman–Crippen MR) is 81.9 cm³/mol. The van der Waals surface area contributed by atoms with E-state index >= 15 is 0 Å². The molecular weight excluding hydrogens is 278 g/mol. The third kappa shape index (κ3) is 4.72. The van der Waals surface area contributed by atoms with Crippen molar-refractivity contribution >= 4 is 5.97 Å². The number of esters is 1. The van der Waals surface area contributed by atoms with Gasteiger partial charge < -0.3 is 9.47 Å². The standard InChI is InChI=1S/C18H17NO3/c19-12-7-13-21-17(20)14-22-18(15-8-3-1-4-9-15)16-10-5-2-6-11-16/h1-6,8-11,18H,7,13-14H2. The number of hydrogen-bond donors (Lipinski definition) is 0. The van der Waals surface area contributed by atoms with Gasteiger partial charge in [-0.2, -0.15) is 5.26 Å². The Hall–Kier alpha value is -2.64. The molecule has 0 aliphatic carbocycles. The van der Waals surface area contributed by atoms with Crippen molar-refractivity contribution in [2.75, 3.05) is 13.2 Å². The molecule has 0 aliphatic heterocycles. The fourth-order valence-corrected chi connectivity index (χ4v) is 2.04. The molecule has 0 aliphatic rings. The van der Waals surface area contributed by atoms with Gasteiger partial charge in [0.05, 0.1) is 12.5 Å². The van der Waals surface area contributed by atoms with E-state index in [-0.39, 0.29) is 25.7 Å². The summed E-state index contributed by atoms with van der Waals surface area (Å²) in [5.74, 6) is -0.466. The minimum Gasteiger partial charge on any atom is -0.463 e. The van der Waals surface area contributed by atoms with Crippen LogP contribution >= 0.6 is 0 Å². The Kier molecular flexibility index (Phi) is 6.16. The van der Waals surface area contributed by atoms with E-state index in [0.29, 0.717) is 0 Å². The van der Waals surface area contributed by atoms with Gasteiger partial charge in [0, 0.05) is 0 Å². The van der Waals surface area contributed by atoms with Crippen molar-refractivity contribution in [1.29, 1.82) is 5.26 Å². The average Bonchev–Trinajstić information content (AvgIpc) is 2.57. The number of ether oxygens (including phenoxy) is 2. The first-order valence-corrected chi connectivity index (χ1v) is 7.05. The van der Waals surface area contributed by atoms with Crippen molar-refractivity contribution in [3.63, 3.8) is 0 Å². The van der Waals surface area contributed by atoms with E-state index in [4.69, 9.17) is 14.7 Å². The third-order valence-corrected chi connectivity index (χ3v) is 3.05. The maximum absolute atomic E-state index is 11.6. The zero-order valence-corrected chi connectivity index (χ0v) is 12.1. The lowest BCUT2D eigenvalue weighted by Gasteiger charge is -2.18. The number of carbonyl (C=O) groups is 1. The van der Waals surface area contributed by atoms with Gasteiger partial charge in [0.2, 0.25) is 0 Å². The summed E-state index contributed by atoms with van der Waals surface area (Å²) in [6.07, 6.45) is -0.141. The van der Waals surface area contributed by atoms with E-state index in [9.17, 15) is 4.79 Å². The van der Waals surface area contributed by atoms with E-state index in [1.54, 1.807) is 0 Å². The van der Waals surface area contributed by atoms with Crippen molar-refractivity contribution in [2.24, 2.45) is 0 Å². The predicted octanol–water partition coefficient (Wildman–Crippen LogP) is 3.25. The van der Waals surface area contributed by atoms with Crippen LogP contribution in [0.5, 0.6) is 0 Å². The Morgan fingerprint density at radius 2 is 1.55 bits per heavy atom. The van der Waals surface area contributed by atoms with Crippen molar-refractivity contribution in [2.45, 2.75) is 12.5 Å². The van der Waals surface area contributed by atoms with Crippen LogP contribution in [0.15, 0.2) is 60.7 Å². The first-order valence-electron chi connectivity index (χ1n) is 7.05. The van der Waals surface area contributed by atoms with Crippen molar-refractivity contribution in [1.82, 2.24) is 0 Å². The maximum atomic E-state index is 11.6. The van der Waals surface area contributed by atoms with Crippen molar-refractivity contribution in [3.05, 3.63) is 71.8 Å². The lowest BCUT2D eigenvalue weighted by molar-refractivity contribution is -0.150. The molecule has 0 N–H and O–H groups in total. The molecule has 0 amide bonds. The Bertz CT molecular complexity index is 580. The molecule has 2 rings (SSSR count). The van der Waals surface area contributed by atoms with Crippen LogP contribution in [0.25, 0.3) is 0 Å². The summed E-state index contributed by atoms with van der Waals surface area (Å²) in [7, 11) is 0. The molecule has 0 fully saturated rings. The SMILES string of the molecule is N#CCCOC(=O)COC(c1ccccc1)c1ccccc1. The lowest BCUT2D eigenvalue weighted by Crippen LogP contribution is -2.16. The molecule has 2 aromatic carbocycles. The van der Waals surface area contributed by atoms with Gasteiger partial charge in [0.1, 0.15) is 19.3 Å². The molecule has 4 nitrogen and oxygen atoms in total. The highest BCUT2D eigenvalue weighted by molar-refractivity contribution is 5.70. The second-order valence-corrected chi connectivity index (χ2v) is 4.64. The van der Waals surface area contributed by atoms with Crippen LogP contribution in [0, 0.1) is 11.3 Å². The molecule has 0 heterocycles. The molecule has 0 radical (unpaired) electrons. The van der Waals surface area contributed by atoms with Crippen LogP contribution in [0.3, 0.4) is 0 Å². The first kappa shape index (κ1) is 15.7. The van der Waals surface area contributed by atoms with E-state index in [1.165, 1.54) is 0 Å². The van der Waals surface area contributed by atoms with E-state index in [1.807, 2.05) is 66.7 Å². The molecule has 0 saturated carbocycles. The van der Waals surface area contributed by atoms with Crippen LogP contribution in [-0.4, -0.2) is 19.2 Å². The summed E-state index contributed by atoms with van der Waals surface area (Å²) in [5, 5.41) is 8.42. The Balaban J connectivity index is 2.04. The van der Waals surface area contributed by atoms with Gasteiger partial charge in [0.25, 0.3) is 0 Å². The van der Waals surface area contributed by atoms with Gasteiger partial charge in [-0.25, -0.2) is 4.79 Å².